The van der Waals surface area contributed by atoms with E-state index in [9.17, 15) is 4.79 Å². The normalized spacial score (nSPS) is 10.5. The van der Waals surface area contributed by atoms with Crippen LogP contribution in [-0.2, 0) is 11.8 Å². The predicted molar refractivity (Wildman–Crippen MR) is 67.2 cm³/mol. The number of aromatic nitrogens is 2. The lowest BCUT2D eigenvalue weighted by Gasteiger charge is -2.22. The topological polar surface area (TPSA) is 73.4 Å². The smallest absolute Gasteiger partial charge is 0.293 e. The zero-order valence-corrected chi connectivity index (χ0v) is 10.4. The van der Waals surface area contributed by atoms with Gasteiger partial charge >= 0.3 is 0 Å². The zero-order valence-electron chi connectivity index (χ0n) is 10.4. The summed E-state index contributed by atoms with van der Waals surface area (Å²) in [6.07, 6.45) is 4.09. The molecule has 0 fully saturated rings. The van der Waals surface area contributed by atoms with E-state index in [1.165, 1.54) is 4.57 Å². The molecular weight excluding hydrogens is 220 g/mol. The maximum atomic E-state index is 11.9. The summed E-state index contributed by atoms with van der Waals surface area (Å²) in [6, 6.07) is 0. The van der Waals surface area contributed by atoms with Gasteiger partial charge in [-0.15, -0.1) is 0 Å². The number of nitrogens with zero attached hydrogens (tertiary/aromatic N) is 3. The molecule has 0 radical (unpaired) electrons. The summed E-state index contributed by atoms with van der Waals surface area (Å²) in [5.74, 6) is 0.459. The van der Waals surface area contributed by atoms with Gasteiger partial charge in [0, 0.05) is 39.6 Å². The van der Waals surface area contributed by atoms with Crippen LogP contribution >= 0.6 is 0 Å². The molecule has 0 aliphatic heterocycles. The number of hydrogen-bond donors (Lipinski definition) is 1. The minimum Gasteiger partial charge on any atom is -0.383 e. The van der Waals surface area contributed by atoms with E-state index in [0.29, 0.717) is 32.1 Å². The number of ether oxygens (including phenoxy) is 1. The van der Waals surface area contributed by atoms with Gasteiger partial charge in [-0.25, -0.2) is 4.98 Å². The number of nitrogens with two attached hydrogens (primary N) is 1. The van der Waals surface area contributed by atoms with Crippen LogP contribution in [0.15, 0.2) is 17.2 Å². The summed E-state index contributed by atoms with van der Waals surface area (Å²) in [5.41, 5.74) is 5.39. The number of aryl methyl sites for hydroxylation is 1. The summed E-state index contributed by atoms with van der Waals surface area (Å²) in [6.45, 7) is 2.51. The molecule has 2 N–H and O–H groups in total. The second-order valence-corrected chi connectivity index (χ2v) is 3.79. The van der Waals surface area contributed by atoms with E-state index in [-0.39, 0.29) is 5.56 Å². The van der Waals surface area contributed by atoms with Gasteiger partial charge in [0.1, 0.15) is 0 Å². The average Bonchev–Trinajstić information content (AvgIpc) is 2.34. The van der Waals surface area contributed by atoms with Gasteiger partial charge < -0.3 is 19.9 Å². The first-order valence-electron chi connectivity index (χ1n) is 5.66. The second kappa shape index (κ2) is 7.03. The molecule has 0 spiro atoms. The van der Waals surface area contributed by atoms with Crippen LogP contribution in [0.25, 0.3) is 0 Å². The molecule has 0 unspecified atom stereocenters. The van der Waals surface area contributed by atoms with Gasteiger partial charge in [0.25, 0.3) is 5.56 Å². The molecule has 0 amide bonds. The summed E-state index contributed by atoms with van der Waals surface area (Å²) in [7, 11) is 3.35. The summed E-state index contributed by atoms with van der Waals surface area (Å²) < 4.78 is 6.55. The van der Waals surface area contributed by atoms with E-state index >= 15 is 0 Å². The van der Waals surface area contributed by atoms with Crippen molar-refractivity contribution in [2.45, 2.75) is 6.42 Å². The van der Waals surface area contributed by atoms with Gasteiger partial charge in [-0.3, -0.25) is 4.79 Å². The van der Waals surface area contributed by atoms with Crippen molar-refractivity contribution in [2.75, 3.05) is 38.3 Å². The monoisotopic (exact) mass is 240 g/mol. The molecule has 96 valence electrons. The molecule has 1 aromatic heterocycles. The van der Waals surface area contributed by atoms with Crippen LogP contribution in [0.1, 0.15) is 6.42 Å². The number of methoxy groups -OCH3 is 1. The van der Waals surface area contributed by atoms with E-state index in [0.717, 1.165) is 6.42 Å². The Kier molecular flexibility index (Phi) is 5.65. The minimum atomic E-state index is -0.0966. The van der Waals surface area contributed by atoms with E-state index in [1.54, 1.807) is 26.6 Å². The maximum absolute atomic E-state index is 11.9. The molecule has 1 aromatic rings. The van der Waals surface area contributed by atoms with E-state index in [2.05, 4.69) is 4.98 Å². The lowest BCUT2D eigenvalue weighted by atomic mass is 10.3. The molecule has 6 heteroatoms. The molecule has 0 aliphatic carbocycles. The van der Waals surface area contributed by atoms with Crippen LogP contribution in [0.3, 0.4) is 0 Å². The fourth-order valence-corrected chi connectivity index (χ4v) is 1.51. The van der Waals surface area contributed by atoms with Gasteiger partial charge in [-0.05, 0) is 13.0 Å². The van der Waals surface area contributed by atoms with Crippen LogP contribution in [-0.4, -0.2) is 42.9 Å². The van der Waals surface area contributed by atoms with Crippen LogP contribution in [0, 0.1) is 0 Å². The molecule has 0 aromatic carbocycles. The van der Waals surface area contributed by atoms with Crippen molar-refractivity contribution in [3.05, 3.63) is 22.7 Å². The standard InChI is InChI=1S/C11H20N4O2/c1-14-7-5-13-10(11(14)16)15(6-3-4-12)8-9-17-2/h5,7H,3-4,6,8-9,12H2,1-2H3. The Bertz CT molecular complexity index is 383. The molecule has 0 atom stereocenters. The molecular formula is C11H20N4O2. The predicted octanol–water partition coefficient (Wildman–Crippen LogP) is -0.418. The minimum absolute atomic E-state index is 0.0966. The quantitative estimate of drug-likeness (QED) is 0.701. The van der Waals surface area contributed by atoms with Crippen molar-refractivity contribution >= 4 is 5.82 Å². The Morgan fingerprint density at radius 2 is 2.29 bits per heavy atom. The first-order valence-corrected chi connectivity index (χ1v) is 5.66. The Labute approximate surface area is 101 Å². The van der Waals surface area contributed by atoms with Crippen LogP contribution < -0.4 is 16.2 Å². The molecule has 1 rings (SSSR count). The van der Waals surface area contributed by atoms with Crippen molar-refractivity contribution in [1.29, 1.82) is 0 Å². The average molecular weight is 240 g/mol. The maximum Gasteiger partial charge on any atom is 0.293 e. The lowest BCUT2D eigenvalue weighted by Crippen LogP contribution is -2.36. The number of rotatable bonds is 7. The molecule has 0 bridgehead atoms. The highest BCUT2D eigenvalue weighted by atomic mass is 16.5. The molecule has 17 heavy (non-hydrogen) atoms. The highest BCUT2D eigenvalue weighted by Crippen LogP contribution is 2.03. The number of anilines is 1. The van der Waals surface area contributed by atoms with Gasteiger partial charge in [0.05, 0.1) is 6.61 Å². The Hall–Kier alpha value is -1.40. The van der Waals surface area contributed by atoms with Gasteiger partial charge in [0.2, 0.25) is 0 Å². The lowest BCUT2D eigenvalue weighted by molar-refractivity contribution is 0.205. The van der Waals surface area contributed by atoms with E-state index in [1.807, 2.05) is 4.90 Å². The van der Waals surface area contributed by atoms with Gasteiger partial charge in [-0.2, -0.15) is 0 Å². The largest absolute Gasteiger partial charge is 0.383 e. The third kappa shape index (κ3) is 3.83. The summed E-state index contributed by atoms with van der Waals surface area (Å²) in [4.78, 5) is 18.0. The van der Waals surface area contributed by atoms with Crippen LogP contribution in [0.4, 0.5) is 5.82 Å². The molecule has 0 saturated heterocycles. The van der Waals surface area contributed by atoms with Crippen molar-refractivity contribution in [3.8, 4) is 0 Å². The fraction of sp³-hybridized carbons (Fsp3) is 0.636. The SMILES string of the molecule is COCCN(CCCN)c1nccn(C)c1=O. The third-order valence-corrected chi connectivity index (χ3v) is 2.50. The molecule has 0 aliphatic rings. The van der Waals surface area contributed by atoms with Crippen molar-refractivity contribution in [1.82, 2.24) is 9.55 Å². The van der Waals surface area contributed by atoms with Crippen molar-refractivity contribution in [2.24, 2.45) is 12.8 Å². The number of hydrogen-bond acceptors (Lipinski definition) is 5. The Morgan fingerprint density at radius 3 is 2.94 bits per heavy atom. The Morgan fingerprint density at radius 1 is 1.53 bits per heavy atom. The van der Waals surface area contributed by atoms with Crippen LogP contribution in [0.2, 0.25) is 0 Å². The van der Waals surface area contributed by atoms with Crippen molar-refractivity contribution in [3.63, 3.8) is 0 Å². The van der Waals surface area contributed by atoms with E-state index < -0.39 is 0 Å². The van der Waals surface area contributed by atoms with Crippen molar-refractivity contribution < 1.29 is 4.74 Å². The first kappa shape index (κ1) is 13.7. The van der Waals surface area contributed by atoms with E-state index in [4.69, 9.17) is 10.5 Å². The first-order chi connectivity index (χ1) is 8.20. The molecule has 6 nitrogen and oxygen atoms in total. The van der Waals surface area contributed by atoms with Gasteiger partial charge in [-0.1, -0.05) is 0 Å². The second-order valence-electron chi connectivity index (χ2n) is 3.79. The fourth-order valence-electron chi connectivity index (χ4n) is 1.51. The highest BCUT2D eigenvalue weighted by molar-refractivity contribution is 5.35. The summed E-state index contributed by atoms with van der Waals surface area (Å²) >= 11 is 0. The zero-order chi connectivity index (χ0) is 12.7. The van der Waals surface area contributed by atoms with Gasteiger partial charge in [0.15, 0.2) is 5.82 Å². The summed E-state index contributed by atoms with van der Waals surface area (Å²) in [5, 5.41) is 0. The molecule has 0 saturated carbocycles. The molecule has 1 heterocycles. The third-order valence-electron chi connectivity index (χ3n) is 2.50. The highest BCUT2D eigenvalue weighted by Gasteiger charge is 2.11. The Balaban J connectivity index is 2.87. The van der Waals surface area contributed by atoms with Crippen LogP contribution in [0.5, 0.6) is 0 Å².